The maximum Gasteiger partial charge on any atom is 0.271 e. The molecule has 0 saturated heterocycles. The molecule has 2 heteroatoms. The number of alkyl halides is 2. The maximum atomic E-state index is 13.0. The molecule has 0 rings (SSSR count). The summed E-state index contributed by atoms with van der Waals surface area (Å²) in [5.41, 5.74) is -0.974. The van der Waals surface area contributed by atoms with Crippen LogP contribution in [0.15, 0.2) is 12.2 Å². The molecule has 11 heavy (non-hydrogen) atoms. The van der Waals surface area contributed by atoms with Crippen LogP contribution in [0.1, 0.15) is 34.1 Å². The lowest BCUT2D eigenvalue weighted by molar-refractivity contribution is -0.0501. The molecule has 0 amide bonds. The quantitative estimate of drug-likeness (QED) is 0.544. The Labute approximate surface area is 67.3 Å². The standard InChI is InChI=1S/C9H16F2/c1-5-6-7-9(10,11)8(2,3)4/h6-7H,5H2,1-4H3/b7-6-. The summed E-state index contributed by atoms with van der Waals surface area (Å²) in [5.74, 6) is -2.69. The van der Waals surface area contributed by atoms with Crippen molar-refractivity contribution in [1.82, 2.24) is 0 Å². The summed E-state index contributed by atoms with van der Waals surface area (Å²) in [5, 5.41) is 0. The van der Waals surface area contributed by atoms with Crippen LogP contribution < -0.4 is 0 Å². The Morgan fingerprint density at radius 3 is 1.91 bits per heavy atom. The summed E-state index contributed by atoms with van der Waals surface area (Å²) < 4.78 is 26.1. The Morgan fingerprint density at radius 2 is 1.64 bits per heavy atom. The lowest BCUT2D eigenvalue weighted by atomic mass is 9.88. The van der Waals surface area contributed by atoms with E-state index < -0.39 is 11.3 Å². The molecular weight excluding hydrogens is 146 g/mol. The summed E-state index contributed by atoms with van der Waals surface area (Å²) in [6.07, 6.45) is 3.16. The van der Waals surface area contributed by atoms with E-state index in [1.54, 1.807) is 0 Å². The lowest BCUT2D eigenvalue weighted by Gasteiger charge is -2.27. The highest BCUT2D eigenvalue weighted by Crippen LogP contribution is 2.36. The molecule has 66 valence electrons. The molecule has 0 radical (unpaired) electrons. The molecule has 0 fully saturated rings. The van der Waals surface area contributed by atoms with Crippen LogP contribution in [0.25, 0.3) is 0 Å². The number of allylic oxidation sites excluding steroid dienone is 2. The number of hydrogen-bond acceptors (Lipinski definition) is 0. The van der Waals surface area contributed by atoms with Crippen molar-refractivity contribution in [2.45, 2.75) is 40.0 Å². The highest BCUT2D eigenvalue weighted by atomic mass is 19.3. The fourth-order valence-corrected chi connectivity index (χ4v) is 0.516. The van der Waals surface area contributed by atoms with Gasteiger partial charge in [0, 0.05) is 5.41 Å². The van der Waals surface area contributed by atoms with E-state index in [4.69, 9.17) is 0 Å². The molecule has 0 spiro atoms. The normalized spacial score (nSPS) is 14.4. The Bertz CT molecular complexity index is 140. The molecule has 0 atom stereocenters. The molecule has 0 aromatic heterocycles. The summed E-state index contributed by atoms with van der Waals surface area (Å²) in [6, 6.07) is 0. The molecule has 0 aliphatic heterocycles. The maximum absolute atomic E-state index is 13.0. The van der Waals surface area contributed by atoms with Crippen LogP contribution in [0.4, 0.5) is 8.78 Å². The van der Waals surface area contributed by atoms with Crippen molar-refractivity contribution in [3.8, 4) is 0 Å². The summed E-state index contributed by atoms with van der Waals surface area (Å²) in [6.45, 7) is 6.45. The van der Waals surface area contributed by atoms with E-state index in [-0.39, 0.29) is 0 Å². The number of halogens is 2. The van der Waals surface area contributed by atoms with Crippen molar-refractivity contribution in [2.75, 3.05) is 0 Å². The van der Waals surface area contributed by atoms with Crippen LogP contribution in [0, 0.1) is 5.41 Å². The van der Waals surface area contributed by atoms with Crippen LogP contribution in [0.5, 0.6) is 0 Å². The topological polar surface area (TPSA) is 0 Å². The van der Waals surface area contributed by atoms with Gasteiger partial charge in [-0.2, -0.15) is 0 Å². The zero-order valence-corrected chi connectivity index (χ0v) is 7.62. The molecule has 0 aromatic carbocycles. The number of hydrogen-bond donors (Lipinski definition) is 0. The Kier molecular flexibility index (Phi) is 3.21. The van der Waals surface area contributed by atoms with Gasteiger partial charge in [-0.05, 0) is 12.5 Å². The van der Waals surface area contributed by atoms with Crippen LogP contribution in [-0.2, 0) is 0 Å². The van der Waals surface area contributed by atoms with Crippen molar-refractivity contribution in [3.05, 3.63) is 12.2 Å². The zero-order chi connectivity index (χ0) is 9.12. The molecule has 0 N–H and O–H groups in total. The van der Waals surface area contributed by atoms with Crippen LogP contribution in [0.3, 0.4) is 0 Å². The first-order valence-corrected chi connectivity index (χ1v) is 3.87. The second-order valence-electron chi connectivity index (χ2n) is 3.68. The van der Waals surface area contributed by atoms with Gasteiger partial charge < -0.3 is 0 Å². The Morgan fingerprint density at radius 1 is 1.18 bits per heavy atom. The first kappa shape index (κ1) is 10.6. The first-order valence-electron chi connectivity index (χ1n) is 3.87. The van der Waals surface area contributed by atoms with Crippen molar-refractivity contribution < 1.29 is 8.78 Å². The average Bonchev–Trinajstić information content (AvgIpc) is 1.81. The lowest BCUT2D eigenvalue weighted by Crippen LogP contribution is -2.31. The largest absolute Gasteiger partial charge is 0.271 e. The third kappa shape index (κ3) is 3.00. The van der Waals surface area contributed by atoms with E-state index in [1.807, 2.05) is 6.92 Å². The van der Waals surface area contributed by atoms with Gasteiger partial charge in [0.15, 0.2) is 0 Å². The van der Waals surface area contributed by atoms with E-state index >= 15 is 0 Å². The molecule has 0 saturated carbocycles. The van der Waals surface area contributed by atoms with E-state index in [0.717, 1.165) is 6.08 Å². The van der Waals surface area contributed by atoms with Gasteiger partial charge >= 0.3 is 0 Å². The predicted molar refractivity (Wildman–Crippen MR) is 43.8 cm³/mol. The Hall–Kier alpha value is -0.400. The highest BCUT2D eigenvalue weighted by Gasteiger charge is 2.39. The average molecular weight is 162 g/mol. The second-order valence-corrected chi connectivity index (χ2v) is 3.68. The van der Waals surface area contributed by atoms with E-state index in [0.29, 0.717) is 6.42 Å². The minimum absolute atomic E-state index is 0.658. The fourth-order valence-electron chi connectivity index (χ4n) is 0.516. The van der Waals surface area contributed by atoms with Gasteiger partial charge in [0.05, 0.1) is 0 Å². The molecule has 0 aliphatic rings. The summed E-state index contributed by atoms with van der Waals surface area (Å²) in [7, 11) is 0. The van der Waals surface area contributed by atoms with Gasteiger partial charge in [0.25, 0.3) is 5.92 Å². The minimum Gasteiger partial charge on any atom is -0.201 e. The highest BCUT2D eigenvalue weighted by molar-refractivity contribution is 5.00. The molecule has 0 heterocycles. The van der Waals surface area contributed by atoms with Crippen LogP contribution in [-0.4, -0.2) is 5.92 Å². The fraction of sp³-hybridized carbons (Fsp3) is 0.778. The van der Waals surface area contributed by atoms with Crippen molar-refractivity contribution in [3.63, 3.8) is 0 Å². The zero-order valence-electron chi connectivity index (χ0n) is 7.62. The number of rotatable bonds is 2. The Balaban J connectivity index is 4.34. The summed E-state index contributed by atoms with van der Waals surface area (Å²) in [4.78, 5) is 0. The predicted octanol–water partition coefficient (Wildman–Crippen LogP) is 3.63. The second kappa shape index (κ2) is 3.33. The van der Waals surface area contributed by atoms with Gasteiger partial charge in [-0.1, -0.05) is 33.8 Å². The SMILES string of the molecule is CC/C=C\C(F)(F)C(C)(C)C. The molecule has 0 nitrogen and oxygen atoms in total. The van der Waals surface area contributed by atoms with Gasteiger partial charge in [-0.25, -0.2) is 8.78 Å². The molecule has 0 unspecified atom stereocenters. The first-order chi connectivity index (χ1) is 4.81. The van der Waals surface area contributed by atoms with Crippen molar-refractivity contribution in [2.24, 2.45) is 5.41 Å². The van der Waals surface area contributed by atoms with E-state index in [1.165, 1.54) is 26.8 Å². The van der Waals surface area contributed by atoms with Gasteiger partial charge in [0.2, 0.25) is 0 Å². The van der Waals surface area contributed by atoms with Gasteiger partial charge in [-0.3, -0.25) is 0 Å². The van der Waals surface area contributed by atoms with Crippen LogP contribution in [0.2, 0.25) is 0 Å². The third-order valence-electron chi connectivity index (χ3n) is 1.56. The summed E-state index contributed by atoms with van der Waals surface area (Å²) >= 11 is 0. The van der Waals surface area contributed by atoms with Gasteiger partial charge in [0.1, 0.15) is 0 Å². The van der Waals surface area contributed by atoms with E-state index in [2.05, 4.69) is 0 Å². The molecule has 0 aromatic rings. The molecule has 0 bridgehead atoms. The van der Waals surface area contributed by atoms with Crippen molar-refractivity contribution in [1.29, 1.82) is 0 Å². The van der Waals surface area contributed by atoms with Crippen LogP contribution >= 0.6 is 0 Å². The molecular formula is C9H16F2. The van der Waals surface area contributed by atoms with Crippen molar-refractivity contribution >= 4 is 0 Å². The monoisotopic (exact) mass is 162 g/mol. The van der Waals surface area contributed by atoms with E-state index in [9.17, 15) is 8.78 Å². The third-order valence-corrected chi connectivity index (χ3v) is 1.56. The smallest absolute Gasteiger partial charge is 0.201 e. The van der Waals surface area contributed by atoms with Gasteiger partial charge in [-0.15, -0.1) is 0 Å². The molecule has 0 aliphatic carbocycles. The minimum atomic E-state index is -2.69.